The Labute approximate surface area is 143 Å². The van der Waals surface area contributed by atoms with Gasteiger partial charge < -0.3 is 15.8 Å². The Bertz CT molecular complexity index is 977. The molecule has 0 saturated heterocycles. The third kappa shape index (κ3) is 3.20. The first-order chi connectivity index (χ1) is 12.0. The predicted molar refractivity (Wildman–Crippen MR) is 95.1 cm³/mol. The molecule has 0 unspecified atom stereocenters. The summed E-state index contributed by atoms with van der Waals surface area (Å²) in [5.41, 5.74) is 7.42. The second-order valence-electron chi connectivity index (χ2n) is 5.50. The number of aliphatic carboxylic acids is 1. The van der Waals surface area contributed by atoms with E-state index in [9.17, 15) is 14.7 Å². The number of aromatic nitrogens is 1. The van der Waals surface area contributed by atoms with E-state index in [4.69, 9.17) is 11.1 Å². The molecule has 1 heterocycles. The van der Waals surface area contributed by atoms with Crippen molar-refractivity contribution >= 4 is 34.3 Å². The molecule has 1 aromatic heterocycles. The number of rotatable bonds is 5. The minimum absolute atomic E-state index is 0.161. The molecule has 0 spiro atoms. The molecule has 0 atom stereocenters. The number of carbonyl (C=O) groups is 2. The SMILES string of the molecule is N=C(N)c1cccc(C(=O)N(CC(=O)O)c2c[nH]c3ccccc23)c1. The summed E-state index contributed by atoms with van der Waals surface area (Å²) < 4.78 is 0. The molecule has 126 valence electrons. The summed E-state index contributed by atoms with van der Waals surface area (Å²) in [5, 5.41) is 17.5. The summed E-state index contributed by atoms with van der Waals surface area (Å²) in [6.07, 6.45) is 1.61. The van der Waals surface area contributed by atoms with Gasteiger partial charge in [-0.2, -0.15) is 0 Å². The number of carboxylic acid groups (broad SMARTS) is 1. The minimum atomic E-state index is -1.12. The number of fused-ring (bicyclic) bond motifs is 1. The molecule has 7 heteroatoms. The van der Waals surface area contributed by atoms with Crippen molar-refractivity contribution in [3.05, 3.63) is 65.9 Å². The van der Waals surface area contributed by atoms with Crippen LogP contribution in [0.15, 0.2) is 54.7 Å². The van der Waals surface area contributed by atoms with Crippen LogP contribution in [0.1, 0.15) is 15.9 Å². The molecular formula is C18H16N4O3. The molecule has 3 rings (SSSR count). The third-order valence-electron chi connectivity index (χ3n) is 3.82. The molecular weight excluding hydrogens is 320 g/mol. The number of nitrogen functional groups attached to an aromatic ring is 1. The van der Waals surface area contributed by atoms with Crippen molar-refractivity contribution in [2.45, 2.75) is 0 Å². The molecule has 7 nitrogen and oxygen atoms in total. The van der Waals surface area contributed by atoms with Gasteiger partial charge in [0.15, 0.2) is 0 Å². The van der Waals surface area contributed by atoms with Crippen molar-refractivity contribution in [3.63, 3.8) is 0 Å². The van der Waals surface area contributed by atoms with E-state index in [1.54, 1.807) is 24.4 Å². The maximum absolute atomic E-state index is 12.9. The lowest BCUT2D eigenvalue weighted by atomic mass is 10.1. The van der Waals surface area contributed by atoms with Gasteiger partial charge in [-0.15, -0.1) is 0 Å². The summed E-state index contributed by atoms with van der Waals surface area (Å²) in [4.78, 5) is 28.5. The third-order valence-corrected chi connectivity index (χ3v) is 3.82. The number of amidine groups is 1. The van der Waals surface area contributed by atoms with Gasteiger partial charge in [0.2, 0.25) is 0 Å². The van der Waals surface area contributed by atoms with Gasteiger partial charge in [0.25, 0.3) is 5.91 Å². The fraction of sp³-hybridized carbons (Fsp3) is 0.0556. The standard InChI is InChI=1S/C18H16N4O3/c19-17(20)11-4-3-5-12(8-11)18(25)22(10-16(23)24)15-9-21-14-7-2-1-6-13(14)15/h1-9,21H,10H2,(H3,19,20)(H,23,24). The lowest BCUT2D eigenvalue weighted by Gasteiger charge is -2.20. The van der Waals surface area contributed by atoms with Crippen LogP contribution >= 0.6 is 0 Å². The summed E-state index contributed by atoms with van der Waals surface area (Å²) in [6.45, 7) is -0.481. The molecule has 1 amide bonds. The zero-order chi connectivity index (χ0) is 18.0. The first-order valence-corrected chi connectivity index (χ1v) is 7.51. The lowest BCUT2D eigenvalue weighted by Crippen LogP contribution is -2.35. The van der Waals surface area contributed by atoms with Crippen molar-refractivity contribution in [2.75, 3.05) is 11.4 Å². The van der Waals surface area contributed by atoms with Gasteiger partial charge in [-0.25, -0.2) is 0 Å². The number of amides is 1. The topological polar surface area (TPSA) is 123 Å². The second-order valence-corrected chi connectivity index (χ2v) is 5.50. The highest BCUT2D eigenvalue weighted by Crippen LogP contribution is 2.27. The number of nitrogens with one attached hydrogen (secondary N) is 2. The Kier molecular flexibility index (Phi) is 4.21. The van der Waals surface area contributed by atoms with E-state index in [-0.39, 0.29) is 11.4 Å². The second kappa shape index (κ2) is 6.48. The lowest BCUT2D eigenvalue weighted by molar-refractivity contribution is -0.135. The van der Waals surface area contributed by atoms with Gasteiger partial charge in [0.1, 0.15) is 12.4 Å². The molecule has 0 aliphatic rings. The van der Waals surface area contributed by atoms with E-state index >= 15 is 0 Å². The van der Waals surface area contributed by atoms with E-state index in [2.05, 4.69) is 4.98 Å². The average Bonchev–Trinajstić information content (AvgIpc) is 3.03. The van der Waals surface area contributed by atoms with Crippen LogP contribution in [-0.4, -0.2) is 34.3 Å². The molecule has 0 aliphatic carbocycles. The van der Waals surface area contributed by atoms with Crippen molar-refractivity contribution in [1.82, 2.24) is 4.98 Å². The van der Waals surface area contributed by atoms with Crippen LogP contribution in [0.4, 0.5) is 5.69 Å². The number of hydrogen-bond donors (Lipinski definition) is 4. The van der Waals surface area contributed by atoms with E-state index in [1.165, 1.54) is 11.0 Å². The number of nitrogens with two attached hydrogens (primary N) is 1. The molecule has 0 aliphatic heterocycles. The quantitative estimate of drug-likeness (QED) is 0.421. The summed E-state index contributed by atoms with van der Waals surface area (Å²) >= 11 is 0. The van der Waals surface area contributed by atoms with Crippen molar-refractivity contribution in [3.8, 4) is 0 Å². The van der Waals surface area contributed by atoms with E-state index in [0.717, 1.165) is 10.9 Å². The number of para-hydroxylation sites is 1. The van der Waals surface area contributed by atoms with Crippen LogP contribution in [0.3, 0.4) is 0 Å². The number of benzene rings is 2. The average molecular weight is 336 g/mol. The molecule has 0 fully saturated rings. The van der Waals surface area contributed by atoms with Gasteiger partial charge >= 0.3 is 5.97 Å². The van der Waals surface area contributed by atoms with Crippen LogP contribution in [0.25, 0.3) is 10.9 Å². The van der Waals surface area contributed by atoms with E-state index in [0.29, 0.717) is 11.3 Å². The monoisotopic (exact) mass is 336 g/mol. The Morgan fingerprint density at radius 1 is 1.12 bits per heavy atom. The highest BCUT2D eigenvalue weighted by molar-refractivity contribution is 6.13. The van der Waals surface area contributed by atoms with Crippen LogP contribution in [0, 0.1) is 5.41 Å². The normalized spacial score (nSPS) is 10.6. The summed E-state index contributed by atoms with van der Waals surface area (Å²) in [6, 6.07) is 13.6. The molecule has 2 aromatic carbocycles. The number of nitrogens with zero attached hydrogens (tertiary/aromatic N) is 1. The van der Waals surface area contributed by atoms with Gasteiger partial charge in [-0.05, 0) is 18.2 Å². The van der Waals surface area contributed by atoms with Gasteiger partial charge in [0.05, 0.1) is 5.69 Å². The van der Waals surface area contributed by atoms with Crippen LogP contribution < -0.4 is 10.6 Å². The fourth-order valence-corrected chi connectivity index (χ4v) is 2.66. The Morgan fingerprint density at radius 3 is 2.56 bits per heavy atom. The highest BCUT2D eigenvalue weighted by atomic mass is 16.4. The Hall–Kier alpha value is -3.61. The molecule has 0 bridgehead atoms. The number of aromatic amines is 1. The van der Waals surface area contributed by atoms with Crippen molar-refractivity contribution < 1.29 is 14.7 Å². The van der Waals surface area contributed by atoms with Gasteiger partial charge in [0, 0.05) is 28.2 Å². The maximum Gasteiger partial charge on any atom is 0.323 e. The first kappa shape index (κ1) is 16.3. The molecule has 3 aromatic rings. The minimum Gasteiger partial charge on any atom is -0.480 e. The van der Waals surface area contributed by atoms with Crippen LogP contribution in [0.5, 0.6) is 0 Å². The zero-order valence-corrected chi connectivity index (χ0v) is 13.2. The number of carbonyl (C=O) groups excluding carboxylic acids is 1. The Morgan fingerprint density at radius 2 is 1.84 bits per heavy atom. The molecule has 5 N–H and O–H groups in total. The van der Waals surface area contributed by atoms with Crippen molar-refractivity contribution in [1.29, 1.82) is 5.41 Å². The fourth-order valence-electron chi connectivity index (χ4n) is 2.66. The van der Waals surface area contributed by atoms with Crippen LogP contribution in [0.2, 0.25) is 0 Å². The first-order valence-electron chi connectivity index (χ1n) is 7.51. The van der Waals surface area contributed by atoms with Gasteiger partial charge in [-0.3, -0.25) is 19.9 Å². The highest BCUT2D eigenvalue weighted by Gasteiger charge is 2.23. The zero-order valence-electron chi connectivity index (χ0n) is 13.2. The molecule has 25 heavy (non-hydrogen) atoms. The van der Waals surface area contributed by atoms with Crippen LogP contribution in [-0.2, 0) is 4.79 Å². The van der Waals surface area contributed by atoms with E-state index < -0.39 is 18.4 Å². The number of anilines is 1. The number of H-pyrrole nitrogens is 1. The van der Waals surface area contributed by atoms with Crippen molar-refractivity contribution in [2.24, 2.45) is 5.73 Å². The largest absolute Gasteiger partial charge is 0.480 e. The number of hydrogen-bond acceptors (Lipinski definition) is 3. The predicted octanol–water partition coefficient (Wildman–Crippen LogP) is 2.18. The summed E-state index contributed by atoms with van der Waals surface area (Å²) in [5.74, 6) is -1.76. The molecule has 0 radical (unpaired) electrons. The molecule has 0 saturated carbocycles. The smallest absolute Gasteiger partial charge is 0.323 e. The van der Waals surface area contributed by atoms with E-state index in [1.807, 2.05) is 24.3 Å². The summed E-state index contributed by atoms with van der Waals surface area (Å²) in [7, 11) is 0. The maximum atomic E-state index is 12.9. The van der Waals surface area contributed by atoms with Gasteiger partial charge in [-0.1, -0.05) is 30.3 Å². The number of carboxylic acids is 1. The Balaban J connectivity index is 2.07.